The third-order valence-corrected chi connectivity index (χ3v) is 1.37. The zero-order chi connectivity index (χ0) is 8.36. The first-order valence-electron chi connectivity index (χ1n) is 4.26. The molecule has 0 rings (SSSR count). The predicted molar refractivity (Wildman–Crippen MR) is 48.8 cm³/mol. The van der Waals surface area contributed by atoms with Crippen molar-refractivity contribution in [3.05, 3.63) is 12.2 Å². The van der Waals surface area contributed by atoms with Crippen LogP contribution in [-0.4, -0.2) is 26.8 Å². The van der Waals surface area contributed by atoms with E-state index in [9.17, 15) is 0 Å². The quantitative estimate of drug-likeness (QED) is 0.447. The normalized spacial score (nSPS) is 11.1. The Bertz CT molecular complexity index is 91.6. The molecule has 0 amide bonds. The molecule has 1 N–H and O–H groups in total. The molecular weight excluding hydrogens is 138 g/mol. The van der Waals surface area contributed by atoms with Crippen LogP contribution < -0.4 is 5.32 Å². The Morgan fingerprint density at radius 1 is 1.27 bits per heavy atom. The molecule has 0 heterocycles. The molecule has 66 valence electrons. The van der Waals surface area contributed by atoms with Gasteiger partial charge in [0.25, 0.3) is 0 Å². The highest BCUT2D eigenvalue weighted by atomic mass is 16.5. The molecule has 2 nitrogen and oxygen atoms in total. The largest absolute Gasteiger partial charge is 0.383 e. The monoisotopic (exact) mass is 157 g/mol. The first-order chi connectivity index (χ1) is 5.41. The van der Waals surface area contributed by atoms with Crippen molar-refractivity contribution in [1.82, 2.24) is 5.32 Å². The first kappa shape index (κ1) is 10.7. The van der Waals surface area contributed by atoms with Crippen LogP contribution in [0.3, 0.4) is 0 Å². The van der Waals surface area contributed by atoms with Crippen molar-refractivity contribution in [3.63, 3.8) is 0 Å². The maximum Gasteiger partial charge on any atom is 0.0587 e. The number of hydrogen-bond donors (Lipinski definition) is 1. The molecule has 0 aliphatic heterocycles. The van der Waals surface area contributed by atoms with Gasteiger partial charge in [-0.15, -0.1) is 0 Å². The van der Waals surface area contributed by atoms with Crippen LogP contribution in [0.4, 0.5) is 0 Å². The van der Waals surface area contributed by atoms with E-state index in [2.05, 4.69) is 24.4 Å². The SMILES string of the molecule is CCC=CCCNCCOC. The molecule has 0 aromatic rings. The Kier molecular flexibility index (Phi) is 9.36. The van der Waals surface area contributed by atoms with Crippen LogP contribution in [0, 0.1) is 0 Å². The van der Waals surface area contributed by atoms with Gasteiger partial charge in [-0.3, -0.25) is 0 Å². The summed E-state index contributed by atoms with van der Waals surface area (Å²) in [7, 11) is 1.72. The van der Waals surface area contributed by atoms with Gasteiger partial charge in [-0.2, -0.15) is 0 Å². The maximum absolute atomic E-state index is 4.89. The summed E-state index contributed by atoms with van der Waals surface area (Å²) in [5.74, 6) is 0. The van der Waals surface area contributed by atoms with E-state index >= 15 is 0 Å². The fourth-order valence-corrected chi connectivity index (χ4v) is 0.769. The summed E-state index contributed by atoms with van der Waals surface area (Å²) in [4.78, 5) is 0. The number of methoxy groups -OCH3 is 1. The Balaban J connectivity index is 2.85. The van der Waals surface area contributed by atoms with Crippen molar-refractivity contribution in [2.75, 3.05) is 26.8 Å². The molecule has 0 aromatic carbocycles. The molecule has 0 spiro atoms. The van der Waals surface area contributed by atoms with Crippen molar-refractivity contribution in [3.8, 4) is 0 Å². The summed E-state index contributed by atoms with van der Waals surface area (Å²) < 4.78 is 4.89. The molecule has 0 radical (unpaired) electrons. The minimum atomic E-state index is 0.803. The number of allylic oxidation sites excluding steroid dienone is 1. The van der Waals surface area contributed by atoms with Gasteiger partial charge in [-0.1, -0.05) is 19.1 Å². The maximum atomic E-state index is 4.89. The Morgan fingerprint density at radius 2 is 2.09 bits per heavy atom. The highest BCUT2D eigenvalue weighted by Crippen LogP contribution is 1.83. The molecular formula is C9H19NO. The fraction of sp³-hybridized carbons (Fsp3) is 0.778. The van der Waals surface area contributed by atoms with Crippen LogP contribution in [0.15, 0.2) is 12.2 Å². The predicted octanol–water partition coefficient (Wildman–Crippen LogP) is 1.58. The van der Waals surface area contributed by atoms with Crippen LogP contribution >= 0.6 is 0 Å². The standard InChI is InChI=1S/C9H19NO/c1-3-4-5-6-7-10-8-9-11-2/h4-5,10H,3,6-9H2,1-2H3. The van der Waals surface area contributed by atoms with Gasteiger partial charge >= 0.3 is 0 Å². The Labute approximate surface area is 69.6 Å². The van der Waals surface area contributed by atoms with E-state index < -0.39 is 0 Å². The van der Waals surface area contributed by atoms with Crippen molar-refractivity contribution in [2.45, 2.75) is 19.8 Å². The topological polar surface area (TPSA) is 21.3 Å². The van der Waals surface area contributed by atoms with Gasteiger partial charge in [0, 0.05) is 13.7 Å². The van der Waals surface area contributed by atoms with Crippen LogP contribution in [0.2, 0.25) is 0 Å². The number of nitrogens with one attached hydrogen (secondary N) is 1. The van der Waals surface area contributed by atoms with Crippen LogP contribution in [0.25, 0.3) is 0 Å². The van der Waals surface area contributed by atoms with E-state index in [1.54, 1.807) is 7.11 Å². The van der Waals surface area contributed by atoms with Gasteiger partial charge in [0.05, 0.1) is 6.61 Å². The first-order valence-corrected chi connectivity index (χ1v) is 4.26. The number of rotatable bonds is 7. The second kappa shape index (κ2) is 9.66. The molecule has 0 fully saturated rings. The van der Waals surface area contributed by atoms with E-state index in [0.717, 1.165) is 32.5 Å². The third-order valence-electron chi connectivity index (χ3n) is 1.37. The van der Waals surface area contributed by atoms with Crippen molar-refractivity contribution in [1.29, 1.82) is 0 Å². The second-order valence-corrected chi connectivity index (χ2v) is 2.41. The Hall–Kier alpha value is -0.340. The summed E-state index contributed by atoms with van der Waals surface area (Å²) in [5.41, 5.74) is 0. The number of ether oxygens (including phenoxy) is 1. The lowest BCUT2D eigenvalue weighted by Gasteiger charge is -1.99. The van der Waals surface area contributed by atoms with E-state index in [1.807, 2.05) is 0 Å². The molecule has 11 heavy (non-hydrogen) atoms. The van der Waals surface area contributed by atoms with Gasteiger partial charge in [0.15, 0.2) is 0 Å². The summed E-state index contributed by atoms with van der Waals surface area (Å²) in [6, 6.07) is 0. The van der Waals surface area contributed by atoms with E-state index in [-0.39, 0.29) is 0 Å². The van der Waals surface area contributed by atoms with Crippen LogP contribution in [0.5, 0.6) is 0 Å². The van der Waals surface area contributed by atoms with Crippen molar-refractivity contribution < 1.29 is 4.74 Å². The van der Waals surface area contributed by atoms with E-state index in [4.69, 9.17) is 4.74 Å². The summed E-state index contributed by atoms with van der Waals surface area (Å²) in [5, 5.41) is 3.27. The van der Waals surface area contributed by atoms with Crippen LogP contribution in [0.1, 0.15) is 19.8 Å². The van der Waals surface area contributed by atoms with Crippen molar-refractivity contribution in [2.24, 2.45) is 0 Å². The average molecular weight is 157 g/mol. The molecule has 0 saturated heterocycles. The zero-order valence-electron chi connectivity index (χ0n) is 7.60. The highest BCUT2D eigenvalue weighted by Gasteiger charge is 1.82. The fourth-order valence-electron chi connectivity index (χ4n) is 0.769. The van der Waals surface area contributed by atoms with Crippen molar-refractivity contribution >= 4 is 0 Å². The summed E-state index contributed by atoms with van der Waals surface area (Å²) >= 11 is 0. The second-order valence-electron chi connectivity index (χ2n) is 2.41. The smallest absolute Gasteiger partial charge is 0.0587 e. The lowest BCUT2D eigenvalue weighted by Crippen LogP contribution is -2.19. The average Bonchev–Trinajstić information content (AvgIpc) is 2.03. The molecule has 0 aliphatic carbocycles. The third kappa shape index (κ3) is 9.66. The lowest BCUT2D eigenvalue weighted by molar-refractivity contribution is 0.199. The Morgan fingerprint density at radius 3 is 2.73 bits per heavy atom. The molecule has 0 saturated carbocycles. The number of hydrogen-bond acceptors (Lipinski definition) is 2. The minimum Gasteiger partial charge on any atom is -0.383 e. The lowest BCUT2D eigenvalue weighted by atomic mass is 10.3. The van der Waals surface area contributed by atoms with Gasteiger partial charge in [0.1, 0.15) is 0 Å². The van der Waals surface area contributed by atoms with Gasteiger partial charge in [-0.25, -0.2) is 0 Å². The minimum absolute atomic E-state index is 0.803. The van der Waals surface area contributed by atoms with Gasteiger partial charge in [-0.05, 0) is 19.4 Å². The zero-order valence-corrected chi connectivity index (χ0v) is 7.60. The molecule has 0 bridgehead atoms. The molecule has 0 aromatic heterocycles. The van der Waals surface area contributed by atoms with Gasteiger partial charge in [0.2, 0.25) is 0 Å². The summed E-state index contributed by atoms with van der Waals surface area (Å²) in [6.45, 7) is 4.96. The molecule has 2 heteroatoms. The van der Waals surface area contributed by atoms with Gasteiger partial charge < -0.3 is 10.1 Å². The molecule has 0 unspecified atom stereocenters. The molecule has 0 atom stereocenters. The summed E-state index contributed by atoms with van der Waals surface area (Å²) in [6.07, 6.45) is 6.66. The van der Waals surface area contributed by atoms with E-state index in [0.29, 0.717) is 0 Å². The highest BCUT2D eigenvalue weighted by molar-refractivity contribution is 4.80. The van der Waals surface area contributed by atoms with E-state index in [1.165, 1.54) is 0 Å². The van der Waals surface area contributed by atoms with Crippen LogP contribution in [-0.2, 0) is 4.74 Å². The molecule has 0 aliphatic rings.